The van der Waals surface area contributed by atoms with E-state index in [9.17, 15) is 4.79 Å². The first-order valence-electron chi connectivity index (χ1n) is 5.00. The summed E-state index contributed by atoms with van der Waals surface area (Å²) < 4.78 is 0. The molecule has 0 bridgehead atoms. The van der Waals surface area contributed by atoms with E-state index in [-0.39, 0.29) is 0 Å². The van der Waals surface area contributed by atoms with Crippen molar-refractivity contribution < 1.29 is 4.79 Å². The van der Waals surface area contributed by atoms with Crippen LogP contribution in [0.15, 0.2) is 40.6 Å². The minimum absolute atomic E-state index is 0.798. The highest BCUT2D eigenvalue weighted by atomic mass is 32.2. The Morgan fingerprint density at radius 1 is 1.38 bits per heavy atom. The van der Waals surface area contributed by atoms with Gasteiger partial charge in [0, 0.05) is 16.0 Å². The van der Waals surface area contributed by atoms with E-state index >= 15 is 0 Å². The second kappa shape index (κ2) is 5.32. The fourth-order valence-corrected chi connectivity index (χ4v) is 3.32. The summed E-state index contributed by atoms with van der Waals surface area (Å²) >= 11 is 3.28. The molecule has 0 aliphatic rings. The van der Waals surface area contributed by atoms with Crippen LogP contribution in [0.25, 0.3) is 0 Å². The molecule has 0 aliphatic heterocycles. The van der Waals surface area contributed by atoms with Crippen LogP contribution in [-0.2, 0) is 5.75 Å². The van der Waals surface area contributed by atoms with Crippen LogP contribution in [0, 0.1) is 6.92 Å². The van der Waals surface area contributed by atoms with Gasteiger partial charge in [0.05, 0.1) is 4.88 Å². The van der Waals surface area contributed by atoms with Gasteiger partial charge in [0.1, 0.15) is 0 Å². The molecule has 1 aromatic heterocycles. The van der Waals surface area contributed by atoms with Crippen LogP contribution in [0.3, 0.4) is 0 Å². The predicted molar refractivity (Wildman–Crippen MR) is 70.4 cm³/mol. The number of carbonyl (C=O) groups is 1. The lowest BCUT2D eigenvalue weighted by Gasteiger charge is -2.03. The third kappa shape index (κ3) is 2.74. The lowest BCUT2D eigenvalue weighted by molar-refractivity contribution is 0.112. The number of carbonyl (C=O) groups excluding carboxylic acids is 1. The van der Waals surface area contributed by atoms with Crippen molar-refractivity contribution in [1.29, 1.82) is 0 Å². The monoisotopic (exact) mass is 248 g/mol. The second-order valence-electron chi connectivity index (χ2n) is 3.52. The van der Waals surface area contributed by atoms with Crippen LogP contribution in [0.1, 0.15) is 20.8 Å². The van der Waals surface area contributed by atoms with Gasteiger partial charge >= 0.3 is 0 Å². The quantitative estimate of drug-likeness (QED) is 0.597. The van der Waals surface area contributed by atoms with Gasteiger partial charge in [-0.2, -0.15) is 0 Å². The molecule has 2 aromatic rings. The third-order valence-corrected chi connectivity index (χ3v) is 4.40. The number of thioether (sulfide) groups is 1. The molecule has 0 atom stereocenters. The van der Waals surface area contributed by atoms with E-state index in [2.05, 4.69) is 31.2 Å². The Bertz CT molecular complexity index is 488. The standard InChI is InChI=1S/C13H12OS2/c1-10-4-2-3-5-11(10)8-15-13-6-12(7-14)16-9-13/h2-7,9H,8H2,1H3. The summed E-state index contributed by atoms with van der Waals surface area (Å²) in [5.74, 6) is 0.960. The van der Waals surface area contributed by atoms with Gasteiger partial charge in [-0.05, 0) is 24.1 Å². The van der Waals surface area contributed by atoms with Gasteiger partial charge in [0.15, 0.2) is 6.29 Å². The summed E-state index contributed by atoms with van der Waals surface area (Å²) in [5, 5.41) is 2.03. The minimum atomic E-state index is 0.798. The van der Waals surface area contributed by atoms with Gasteiger partial charge in [-0.25, -0.2) is 0 Å². The number of benzene rings is 1. The topological polar surface area (TPSA) is 17.1 Å². The van der Waals surface area contributed by atoms with E-state index in [1.165, 1.54) is 27.4 Å². The van der Waals surface area contributed by atoms with E-state index in [1.54, 1.807) is 11.8 Å². The Morgan fingerprint density at radius 2 is 2.19 bits per heavy atom. The molecule has 1 aromatic carbocycles. The van der Waals surface area contributed by atoms with Crippen molar-refractivity contribution in [1.82, 2.24) is 0 Å². The lowest BCUT2D eigenvalue weighted by Crippen LogP contribution is -1.84. The number of aryl methyl sites for hydroxylation is 1. The molecule has 0 saturated heterocycles. The molecule has 0 spiro atoms. The van der Waals surface area contributed by atoms with Crippen molar-refractivity contribution in [3.05, 3.63) is 51.7 Å². The van der Waals surface area contributed by atoms with E-state index in [0.717, 1.165) is 16.9 Å². The maximum absolute atomic E-state index is 10.5. The third-order valence-electron chi connectivity index (χ3n) is 2.37. The highest BCUT2D eigenvalue weighted by molar-refractivity contribution is 7.98. The van der Waals surface area contributed by atoms with E-state index in [4.69, 9.17) is 0 Å². The van der Waals surface area contributed by atoms with Crippen molar-refractivity contribution in [3.8, 4) is 0 Å². The number of aldehydes is 1. The molecule has 0 unspecified atom stereocenters. The summed E-state index contributed by atoms with van der Waals surface area (Å²) in [4.78, 5) is 12.5. The summed E-state index contributed by atoms with van der Waals surface area (Å²) in [6.45, 7) is 2.13. The van der Waals surface area contributed by atoms with E-state index < -0.39 is 0 Å². The van der Waals surface area contributed by atoms with Gasteiger partial charge in [0.25, 0.3) is 0 Å². The van der Waals surface area contributed by atoms with Gasteiger partial charge in [-0.15, -0.1) is 23.1 Å². The summed E-state index contributed by atoms with van der Waals surface area (Å²) in [5.41, 5.74) is 2.67. The molecule has 1 nitrogen and oxygen atoms in total. The van der Waals surface area contributed by atoms with Crippen molar-refractivity contribution in [2.75, 3.05) is 0 Å². The lowest BCUT2D eigenvalue weighted by atomic mass is 10.1. The average molecular weight is 248 g/mol. The van der Waals surface area contributed by atoms with Crippen LogP contribution >= 0.6 is 23.1 Å². The van der Waals surface area contributed by atoms with E-state index in [1.807, 2.05) is 11.4 Å². The summed E-state index contributed by atoms with van der Waals surface area (Å²) in [6, 6.07) is 10.3. The molecule has 1 heterocycles. The van der Waals surface area contributed by atoms with Gasteiger partial charge in [0.2, 0.25) is 0 Å². The molecule has 2 rings (SSSR count). The largest absolute Gasteiger partial charge is 0.297 e. The fraction of sp³-hybridized carbons (Fsp3) is 0.154. The van der Waals surface area contributed by atoms with Crippen molar-refractivity contribution in [2.24, 2.45) is 0 Å². The molecule has 0 N–H and O–H groups in total. The summed E-state index contributed by atoms with van der Waals surface area (Å²) in [6.07, 6.45) is 0.905. The normalized spacial score (nSPS) is 10.3. The molecule has 0 aliphatic carbocycles. The molecular formula is C13H12OS2. The maximum Gasteiger partial charge on any atom is 0.160 e. The maximum atomic E-state index is 10.5. The second-order valence-corrected chi connectivity index (χ2v) is 5.51. The van der Waals surface area contributed by atoms with Crippen molar-refractivity contribution in [2.45, 2.75) is 17.6 Å². The van der Waals surface area contributed by atoms with Crippen molar-refractivity contribution >= 4 is 29.4 Å². The van der Waals surface area contributed by atoms with Crippen LogP contribution in [0.5, 0.6) is 0 Å². The zero-order chi connectivity index (χ0) is 11.4. The molecule has 0 saturated carbocycles. The predicted octanol–water partition coefficient (Wildman–Crippen LogP) is 4.16. The Hall–Kier alpha value is -1.06. The van der Waals surface area contributed by atoms with Crippen LogP contribution in [0.2, 0.25) is 0 Å². The molecule has 0 fully saturated rings. The first-order chi connectivity index (χ1) is 7.79. The highest BCUT2D eigenvalue weighted by Gasteiger charge is 2.01. The SMILES string of the molecule is Cc1ccccc1CSc1csc(C=O)c1. The minimum Gasteiger partial charge on any atom is -0.297 e. The fourth-order valence-electron chi connectivity index (χ4n) is 1.40. The Kier molecular flexibility index (Phi) is 3.80. The first kappa shape index (κ1) is 11.4. The summed E-state index contributed by atoms with van der Waals surface area (Å²) in [7, 11) is 0. The van der Waals surface area contributed by atoms with Crippen LogP contribution in [-0.4, -0.2) is 6.29 Å². The molecular weight excluding hydrogens is 236 g/mol. The Balaban J connectivity index is 2.02. The number of hydrogen-bond donors (Lipinski definition) is 0. The average Bonchev–Trinajstić information content (AvgIpc) is 2.76. The molecule has 16 heavy (non-hydrogen) atoms. The van der Waals surface area contributed by atoms with Gasteiger partial charge < -0.3 is 0 Å². The molecule has 0 radical (unpaired) electrons. The highest BCUT2D eigenvalue weighted by Crippen LogP contribution is 2.27. The Labute approximate surface area is 104 Å². The number of hydrogen-bond acceptors (Lipinski definition) is 3. The molecule has 0 amide bonds. The van der Waals surface area contributed by atoms with Gasteiger partial charge in [-0.3, -0.25) is 4.79 Å². The zero-order valence-electron chi connectivity index (χ0n) is 8.97. The van der Waals surface area contributed by atoms with Crippen LogP contribution in [0.4, 0.5) is 0 Å². The van der Waals surface area contributed by atoms with Crippen LogP contribution < -0.4 is 0 Å². The molecule has 3 heteroatoms. The van der Waals surface area contributed by atoms with Crippen molar-refractivity contribution in [3.63, 3.8) is 0 Å². The zero-order valence-corrected chi connectivity index (χ0v) is 10.6. The molecule has 82 valence electrons. The Morgan fingerprint density at radius 3 is 2.88 bits per heavy atom. The first-order valence-corrected chi connectivity index (χ1v) is 6.87. The number of rotatable bonds is 4. The number of thiophene rings is 1. The van der Waals surface area contributed by atoms with E-state index in [0.29, 0.717) is 0 Å². The smallest absolute Gasteiger partial charge is 0.160 e. The van der Waals surface area contributed by atoms with Gasteiger partial charge in [-0.1, -0.05) is 24.3 Å².